The lowest BCUT2D eigenvalue weighted by Gasteiger charge is -2.10. The number of benzene rings is 1. The topological polar surface area (TPSA) is 41.5 Å². The van der Waals surface area contributed by atoms with Crippen molar-refractivity contribution in [3.05, 3.63) is 29.8 Å². The predicted molar refractivity (Wildman–Crippen MR) is 65.6 cm³/mol. The van der Waals surface area contributed by atoms with Crippen LogP contribution in [0.2, 0.25) is 0 Å². The Hall–Kier alpha value is -1.06. The molecule has 2 N–H and O–H groups in total. The molecule has 3 nitrogen and oxygen atoms in total. The van der Waals surface area contributed by atoms with Gasteiger partial charge in [0.15, 0.2) is 0 Å². The summed E-state index contributed by atoms with van der Waals surface area (Å²) in [6.07, 6.45) is 1.87. The third kappa shape index (κ3) is 4.64. The minimum atomic E-state index is 0.275. The molecule has 0 radical (unpaired) electrons. The van der Waals surface area contributed by atoms with Gasteiger partial charge in [-0.1, -0.05) is 18.2 Å². The molecule has 1 aromatic rings. The molecule has 16 heavy (non-hydrogen) atoms. The first-order valence-corrected chi connectivity index (χ1v) is 5.90. The minimum absolute atomic E-state index is 0.275. The Morgan fingerprint density at radius 3 is 2.81 bits per heavy atom. The van der Waals surface area contributed by atoms with Crippen molar-refractivity contribution in [2.75, 3.05) is 19.8 Å². The van der Waals surface area contributed by atoms with Crippen LogP contribution in [-0.4, -0.2) is 24.9 Å². The van der Waals surface area contributed by atoms with Crippen molar-refractivity contribution in [3.63, 3.8) is 0 Å². The van der Waals surface area contributed by atoms with Crippen LogP contribution < -0.4 is 10.1 Å². The normalized spacial score (nSPS) is 10.4. The van der Waals surface area contributed by atoms with Crippen molar-refractivity contribution in [1.82, 2.24) is 5.32 Å². The molecule has 90 valence electrons. The SMILES string of the molecule is CCOc1ccccc1CNCCCCO. The molecule has 0 aliphatic heterocycles. The van der Waals surface area contributed by atoms with Gasteiger partial charge in [-0.3, -0.25) is 0 Å². The summed E-state index contributed by atoms with van der Waals surface area (Å²) in [5.74, 6) is 0.958. The summed E-state index contributed by atoms with van der Waals surface area (Å²) in [5.41, 5.74) is 1.19. The molecule has 0 atom stereocenters. The number of rotatable bonds is 8. The highest BCUT2D eigenvalue weighted by molar-refractivity contribution is 5.33. The van der Waals surface area contributed by atoms with Crippen molar-refractivity contribution in [3.8, 4) is 5.75 Å². The first kappa shape index (κ1) is 13.0. The van der Waals surface area contributed by atoms with Gasteiger partial charge in [0.25, 0.3) is 0 Å². The van der Waals surface area contributed by atoms with Crippen LogP contribution >= 0.6 is 0 Å². The van der Waals surface area contributed by atoms with E-state index in [-0.39, 0.29) is 6.61 Å². The van der Waals surface area contributed by atoms with E-state index in [1.165, 1.54) is 5.56 Å². The predicted octanol–water partition coefficient (Wildman–Crippen LogP) is 1.95. The summed E-state index contributed by atoms with van der Waals surface area (Å²) in [4.78, 5) is 0. The molecule has 1 rings (SSSR count). The van der Waals surface area contributed by atoms with E-state index < -0.39 is 0 Å². The fourth-order valence-electron chi connectivity index (χ4n) is 1.53. The zero-order valence-corrected chi connectivity index (χ0v) is 9.91. The maximum Gasteiger partial charge on any atom is 0.123 e. The van der Waals surface area contributed by atoms with Crippen LogP contribution in [0.5, 0.6) is 5.75 Å². The molecule has 0 heterocycles. The summed E-state index contributed by atoms with van der Waals surface area (Å²) in [6, 6.07) is 8.08. The van der Waals surface area contributed by atoms with Crippen molar-refractivity contribution < 1.29 is 9.84 Å². The molecule has 0 unspecified atom stereocenters. The smallest absolute Gasteiger partial charge is 0.123 e. The summed E-state index contributed by atoms with van der Waals surface area (Å²) in [5, 5.41) is 12.0. The van der Waals surface area contributed by atoms with Crippen LogP contribution in [0.4, 0.5) is 0 Å². The lowest BCUT2D eigenvalue weighted by atomic mass is 10.2. The van der Waals surface area contributed by atoms with Crippen LogP contribution in [0.1, 0.15) is 25.3 Å². The van der Waals surface area contributed by atoms with Gasteiger partial charge in [-0.15, -0.1) is 0 Å². The highest BCUT2D eigenvalue weighted by atomic mass is 16.5. The second-order valence-electron chi connectivity index (χ2n) is 3.65. The van der Waals surface area contributed by atoms with Gasteiger partial charge < -0.3 is 15.2 Å². The van der Waals surface area contributed by atoms with E-state index in [9.17, 15) is 0 Å². The number of nitrogens with one attached hydrogen (secondary N) is 1. The first-order chi connectivity index (χ1) is 7.88. The van der Waals surface area contributed by atoms with Gasteiger partial charge in [0.2, 0.25) is 0 Å². The van der Waals surface area contributed by atoms with Crippen LogP contribution in [0.25, 0.3) is 0 Å². The number of hydrogen-bond donors (Lipinski definition) is 2. The molecule has 1 aromatic carbocycles. The van der Waals surface area contributed by atoms with E-state index in [1.54, 1.807) is 0 Å². The monoisotopic (exact) mass is 223 g/mol. The van der Waals surface area contributed by atoms with Gasteiger partial charge in [-0.05, 0) is 32.4 Å². The molecule has 0 amide bonds. The van der Waals surface area contributed by atoms with Gasteiger partial charge in [0, 0.05) is 18.7 Å². The van der Waals surface area contributed by atoms with E-state index in [0.29, 0.717) is 6.61 Å². The Labute approximate surface area is 97.4 Å². The van der Waals surface area contributed by atoms with Gasteiger partial charge >= 0.3 is 0 Å². The highest BCUT2D eigenvalue weighted by Crippen LogP contribution is 2.17. The van der Waals surface area contributed by atoms with Gasteiger partial charge in [0.05, 0.1) is 6.61 Å². The van der Waals surface area contributed by atoms with Crippen LogP contribution in [-0.2, 0) is 6.54 Å². The summed E-state index contributed by atoms with van der Waals surface area (Å²) in [7, 11) is 0. The molecular weight excluding hydrogens is 202 g/mol. The molecule has 3 heteroatoms. The third-order valence-electron chi connectivity index (χ3n) is 2.35. The summed E-state index contributed by atoms with van der Waals surface area (Å²) in [6.45, 7) is 4.72. The number of hydrogen-bond acceptors (Lipinski definition) is 3. The number of aliphatic hydroxyl groups is 1. The largest absolute Gasteiger partial charge is 0.494 e. The number of ether oxygens (including phenoxy) is 1. The van der Waals surface area contributed by atoms with E-state index in [0.717, 1.165) is 31.7 Å². The average molecular weight is 223 g/mol. The van der Waals surface area contributed by atoms with Gasteiger partial charge in [-0.25, -0.2) is 0 Å². The maximum absolute atomic E-state index is 8.65. The van der Waals surface area contributed by atoms with Crippen LogP contribution in [0.15, 0.2) is 24.3 Å². The average Bonchev–Trinajstić information content (AvgIpc) is 2.31. The van der Waals surface area contributed by atoms with E-state index >= 15 is 0 Å². The standard InChI is InChI=1S/C13H21NO2/c1-2-16-13-8-4-3-7-12(13)11-14-9-5-6-10-15/h3-4,7-8,14-15H,2,5-6,9-11H2,1H3. The maximum atomic E-state index is 8.65. The zero-order chi connectivity index (χ0) is 11.6. The van der Waals surface area contributed by atoms with Crippen molar-refractivity contribution in [2.45, 2.75) is 26.3 Å². The molecule has 0 bridgehead atoms. The molecule has 0 fully saturated rings. The summed E-state index contributed by atoms with van der Waals surface area (Å²) < 4.78 is 5.54. The molecule has 0 saturated heterocycles. The van der Waals surface area contributed by atoms with Gasteiger partial charge in [0.1, 0.15) is 5.75 Å². The summed E-state index contributed by atoms with van der Waals surface area (Å²) >= 11 is 0. The Morgan fingerprint density at radius 1 is 1.25 bits per heavy atom. The molecule has 0 aliphatic carbocycles. The van der Waals surface area contributed by atoms with Crippen LogP contribution in [0.3, 0.4) is 0 Å². The lowest BCUT2D eigenvalue weighted by molar-refractivity contribution is 0.283. The van der Waals surface area contributed by atoms with Crippen molar-refractivity contribution in [2.24, 2.45) is 0 Å². The molecule has 0 saturated carbocycles. The van der Waals surface area contributed by atoms with E-state index in [2.05, 4.69) is 11.4 Å². The van der Waals surface area contributed by atoms with Crippen molar-refractivity contribution >= 4 is 0 Å². The zero-order valence-electron chi connectivity index (χ0n) is 9.91. The molecule has 0 spiro atoms. The Balaban J connectivity index is 2.34. The third-order valence-corrected chi connectivity index (χ3v) is 2.35. The number of aliphatic hydroxyl groups excluding tert-OH is 1. The number of para-hydroxylation sites is 1. The Kier molecular flexibility index (Phi) is 6.61. The fourth-order valence-corrected chi connectivity index (χ4v) is 1.53. The second kappa shape index (κ2) is 8.13. The molecule has 0 aromatic heterocycles. The fraction of sp³-hybridized carbons (Fsp3) is 0.538. The molecular formula is C13H21NO2. The van der Waals surface area contributed by atoms with E-state index in [1.807, 2.05) is 25.1 Å². The number of unbranched alkanes of at least 4 members (excludes halogenated alkanes) is 1. The lowest BCUT2D eigenvalue weighted by Crippen LogP contribution is -2.15. The first-order valence-electron chi connectivity index (χ1n) is 5.90. The Bertz CT molecular complexity index is 289. The quantitative estimate of drug-likeness (QED) is 0.662. The highest BCUT2D eigenvalue weighted by Gasteiger charge is 2.00. The van der Waals surface area contributed by atoms with Gasteiger partial charge in [-0.2, -0.15) is 0 Å². The van der Waals surface area contributed by atoms with Crippen LogP contribution in [0, 0.1) is 0 Å². The molecule has 0 aliphatic rings. The second-order valence-corrected chi connectivity index (χ2v) is 3.65. The Morgan fingerprint density at radius 2 is 2.06 bits per heavy atom. The van der Waals surface area contributed by atoms with E-state index in [4.69, 9.17) is 9.84 Å². The minimum Gasteiger partial charge on any atom is -0.494 e. The van der Waals surface area contributed by atoms with Crippen molar-refractivity contribution in [1.29, 1.82) is 0 Å².